The Labute approximate surface area is 130 Å². The van der Waals surface area contributed by atoms with Crippen molar-refractivity contribution in [2.24, 2.45) is 5.92 Å². The lowest BCUT2D eigenvalue weighted by Gasteiger charge is -2.22. The average Bonchev–Trinajstić information content (AvgIpc) is 3.35. The predicted molar refractivity (Wildman–Crippen MR) is 86.8 cm³/mol. The minimum atomic E-state index is -0.151. The van der Waals surface area contributed by atoms with E-state index in [0.29, 0.717) is 6.04 Å². The van der Waals surface area contributed by atoms with Crippen LogP contribution in [0.3, 0.4) is 0 Å². The molecule has 0 spiro atoms. The minimum absolute atomic E-state index is 0.0933. The van der Waals surface area contributed by atoms with Crippen LogP contribution in [0.4, 0.5) is 16.2 Å². The molecule has 0 atom stereocenters. The van der Waals surface area contributed by atoms with Gasteiger partial charge in [0.25, 0.3) is 0 Å². The number of carbonyl (C=O) groups is 2. The monoisotopic (exact) mass is 301 g/mol. The highest BCUT2D eigenvalue weighted by atomic mass is 16.2. The number of benzene rings is 1. The van der Waals surface area contributed by atoms with Crippen LogP contribution in [0.1, 0.15) is 44.9 Å². The van der Waals surface area contributed by atoms with E-state index in [1.54, 1.807) is 0 Å². The first-order chi connectivity index (χ1) is 10.7. The maximum atomic E-state index is 11.9. The maximum absolute atomic E-state index is 11.9. The first kappa shape index (κ1) is 14.9. The molecule has 0 unspecified atom stereocenters. The summed E-state index contributed by atoms with van der Waals surface area (Å²) in [5, 5.41) is 8.74. The highest BCUT2D eigenvalue weighted by molar-refractivity contribution is 5.94. The molecule has 2 saturated carbocycles. The third-order valence-corrected chi connectivity index (χ3v) is 4.30. The van der Waals surface area contributed by atoms with E-state index in [-0.39, 0.29) is 17.9 Å². The maximum Gasteiger partial charge on any atom is 0.319 e. The van der Waals surface area contributed by atoms with Crippen molar-refractivity contribution in [3.05, 3.63) is 24.3 Å². The highest BCUT2D eigenvalue weighted by Gasteiger charge is 2.29. The molecule has 3 amide bonds. The molecule has 22 heavy (non-hydrogen) atoms. The molecule has 5 heteroatoms. The second kappa shape index (κ2) is 6.81. The van der Waals surface area contributed by atoms with Crippen LogP contribution in [-0.4, -0.2) is 18.0 Å². The molecule has 3 N–H and O–H groups in total. The Morgan fingerprint density at radius 1 is 0.818 bits per heavy atom. The van der Waals surface area contributed by atoms with Crippen molar-refractivity contribution in [2.45, 2.75) is 51.0 Å². The topological polar surface area (TPSA) is 70.2 Å². The van der Waals surface area contributed by atoms with Gasteiger partial charge in [0, 0.05) is 23.3 Å². The Hall–Kier alpha value is -2.04. The minimum Gasteiger partial charge on any atom is -0.335 e. The summed E-state index contributed by atoms with van der Waals surface area (Å²) in [6, 6.07) is 7.39. The normalized spacial score (nSPS) is 18.5. The number of rotatable bonds is 4. The summed E-state index contributed by atoms with van der Waals surface area (Å²) in [5.41, 5.74) is 1.51. The van der Waals surface area contributed by atoms with Crippen molar-refractivity contribution in [3.8, 4) is 0 Å². The fourth-order valence-corrected chi connectivity index (χ4v) is 2.83. The molecule has 5 nitrogen and oxygen atoms in total. The smallest absolute Gasteiger partial charge is 0.319 e. The summed E-state index contributed by atoms with van der Waals surface area (Å²) < 4.78 is 0. The van der Waals surface area contributed by atoms with Crippen LogP contribution in [0.25, 0.3) is 0 Å². The predicted octanol–water partition coefficient (Wildman–Crippen LogP) is 3.49. The molecule has 0 heterocycles. The van der Waals surface area contributed by atoms with Gasteiger partial charge < -0.3 is 16.0 Å². The summed E-state index contributed by atoms with van der Waals surface area (Å²) >= 11 is 0. The van der Waals surface area contributed by atoms with Gasteiger partial charge >= 0.3 is 6.03 Å². The van der Waals surface area contributed by atoms with E-state index in [9.17, 15) is 9.59 Å². The lowest BCUT2D eigenvalue weighted by Crippen LogP contribution is -2.38. The quantitative estimate of drug-likeness (QED) is 0.796. The molecule has 3 rings (SSSR count). The lowest BCUT2D eigenvalue weighted by molar-refractivity contribution is -0.117. The van der Waals surface area contributed by atoms with Gasteiger partial charge in [0.15, 0.2) is 0 Å². The lowest BCUT2D eigenvalue weighted by atomic mass is 9.96. The molecule has 1 aromatic carbocycles. The van der Waals surface area contributed by atoms with E-state index < -0.39 is 0 Å². The second-order valence-electron chi connectivity index (χ2n) is 6.27. The van der Waals surface area contributed by atoms with Gasteiger partial charge in [0.1, 0.15) is 0 Å². The average molecular weight is 301 g/mol. The van der Waals surface area contributed by atoms with Crippen LogP contribution in [0.2, 0.25) is 0 Å². The summed E-state index contributed by atoms with van der Waals surface area (Å²) in [4.78, 5) is 23.6. The molecule has 0 aromatic heterocycles. The zero-order valence-corrected chi connectivity index (χ0v) is 12.7. The summed E-state index contributed by atoms with van der Waals surface area (Å²) in [6.45, 7) is 0. The fourth-order valence-electron chi connectivity index (χ4n) is 2.83. The number of hydrogen-bond donors (Lipinski definition) is 3. The van der Waals surface area contributed by atoms with Gasteiger partial charge in [-0.15, -0.1) is 0 Å². The molecular formula is C17H23N3O2. The zero-order chi connectivity index (χ0) is 15.4. The number of hydrogen-bond acceptors (Lipinski definition) is 2. The molecule has 2 aliphatic rings. The Balaban J connectivity index is 1.47. The van der Waals surface area contributed by atoms with Gasteiger partial charge in [0.2, 0.25) is 5.91 Å². The first-order valence-electron chi connectivity index (χ1n) is 8.19. The van der Waals surface area contributed by atoms with Gasteiger partial charge in [-0.05, 0) is 49.9 Å². The molecule has 2 fully saturated rings. The number of anilines is 2. The molecule has 1 aromatic rings. The summed E-state index contributed by atoms with van der Waals surface area (Å²) in [7, 11) is 0. The van der Waals surface area contributed by atoms with Crippen LogP contribution < -0.4 is 16.0 Å². The largest absolute Gasteiger partial charge is 0.335 e. The van der Waals surface area contributed by atoms with Crippen LogP contribution in [0, 0.1) is 5.92 Å². The van der Waals surface area contributed by atoms with E-state index in [2.05, 4.69) is 16.0 Å². The third-order valence-electron chi connectivity index (χ3n) is 4.30. The van der Waals surface area contributed by atoms with Crippen molar-refractivity contribution < 1.29 is 9.59 Å². The number of amides is 3. The van der Waals surface area contributed by atoms with Crippen molar-refractivity contribution in [1.82, 2.24) is 5.32 Å². The van der Waals surface area contributed by atoms with Gasteiger partial charge in [-0.2, -0.15) is 0 Å². The summed E-state index contributed by atoms with van der Waals surface area (Å²) in [5.74, 6) is 0.287. The van der Waals surface area contributed by atoms with Crippen molar-refractivity contribution in [1.29, 1.82) is 0 Å². The molecule has 0 bridgehead atoms. The number of carbonyl (C=O) groups excluding carboxylic acids is 2. The van der Waals surface area contributed by atoms with Gasteiger partial charge in [-0.1, -0.05) is 19.3 Å². The van der Waals surface area contributed by atoms with Crippen LogP contribution in [0.5, 0.6) is 0 Å². The van der Waals surface area contributed by atoms with E-state index in [1.807, 2.05) is 24.3 Å². The van der Waals surface area contributed by atoms with E-state index in [0.717, 1.165) is 37.1 Å². The van der Waals surface area contributed by atoms with Crippen molar-refractivity contribution >= 4 is 23.3 Å². The number of urea groups is 1. The second-order valence-corrected chi connectivity index (χ2v) is 6.27. The van der Waals surface area contributed by atoms with Crippen LogP contribution in [-0.2, 0) is 4.79 Å². The van der Waals surface area contributed by atoms with Crippen molar-refractivity contribution in [2.75, 3.05) is 10.6 Å². The molecule has 0 aliphatic heterocycles. The molecule has 0 saturated heterocycles. The Kier molecular flexibility index (Phi) is 4.61. The van der Waals surface area contributed by atoms with E-state index in [4.69, 9.17) is 0 Å². The van der Waals surface area contributed by atoms with Crippen LogP contribution in [0.15, 0.2) is 24.3 Å². The summed E-state index contributed by atoms with van der Waals surface area (Å²) in [6.07, 6.45) is 7.78. The third kappa shape index (κ3) is 4.23. The number of nitrogens with one attached hydrogen (secondary N) is 3. The molecule has 2 aliphatic carbocycles. The molecule has 0 radical (unpaired) electrons. The SMILES string of the molecule is O=C(Nc1ccc(NC(=O)C2CC2)cc1)NC1CCCCC1. The van der Waals surface area contributed by atoms with Gasteiger partial charge in [-0.3, -0.25) is 4.79 Å². The molecule has 118 valence electrons. The van der Waals surface area contributed by atoms with Crippen LogP contribution >= 0.6 is 0 Å². The van der Waals surface area contributed by atoms with Crippen molar-refractivity contribution in [3.63, 3.8) is 0 Å². The van der Waals surface area contributed by atoms with Gasteiger partial charge in [-0.25, -0.2) is 4.79 Å². The van der Waals surface area contributed by atoms with Gasteiger partial charge in [0.05, 0.1) is 0 Å². The van der Waals surface area contributed by atoms with E-state index >= 15 is 0 Å². The first-order valence-corrected chi connectivity index (χ1v) is 8.19. The zero-order valence-electron chi connectivity index (χ0n) is 12.7. The Morgan fingerprint density at radius 3 is 2.00 bits per heavy atom. The Morgan fingerprint density at radius 2 is 1.41 bits per heavy atom. The van der Waals surface area contributed by atoms with E-state index in [1.165, 1.54) is 19.3 Å². The highest BCUT2D eigenvalue weighted by Crippen LogP contribution is 2.30. The standard InChI is InChI=1S/C17H23N3O2/c21-16(12-6-7-12)18-14-8-10-15(11-9-14)20-17(22)19-13-4-2-1-3-5-13/h8-13H,1-7H2,(H,18,21)(H2,19,20,22). The Bertz CT molecular complexity index is 531. The molecular weight excluding hydrogens is 278 g/mol. The fraction of sp³-hybridized carbons (Fsp3) is 0.529.